The lowest BCUT2D eigenvalue weighted by atomic mass is 10.0. The second kappa shape index (κ2) is 6.34. The van der Waals surface area contributed by atoms with Crippen LogP contribution in [0.4, 0.5) is 10.5 Å². The van der Waals surface area contributed by atoms with Crippen LogP contribution in [-0.4, -0.2) is 41.7 Å². The molecule has 7 heteroatoms. The first kappa shape index (κ1) is 15.6. The Hall–Kier alpha value is -1.76. The van der Waals surface area contributed by atoms with Gasteiger partial charge in [-0.1, -0.05) is 6.92 Å². The van der Waals surface area contributed by atoms with Gasteiger partial charge >= 0.3 is 12.0 Å². The van der Waals surface area contributed by atoms with Gasteiger partial charge in [-0.25, -0.2) is 9.59 Å². The molecule has 0 aliphatic carbocycles. The monoisotopic (exact) mass is 356 g/mol. The van der Waals surface area contributed by atoms with Crippen LogP contribution in [0.5, 0.6) is 5.75 Å². The number of aliphatic carboxylic acids is 1. The maximum atomic E-state index is 12.3. The minimum Gasteiger partial charge on any atom is -0.495 e. The van der Waals surface area contributed by atoms with Crippen LogP contribution in [0.15, 0.2) is 22.7 Å². The highest BCUT2D eigenvalue weighted by molar-refractivity contribution is 9.10. The Morgan fingerprint density at radius 3 is 2.81 bits per heavy atom. The summed E-state index contributed by atoms with van der Waals surface area (Å²) in [4.78, 5) is 24.9. The molecule has 6 nitrogen and oxygen atoms in total. The first-order chi connectivity index (χ1) is 9.93. The lowest BCUT2D eigenvalue weighted by molar-refractivity contribution is -0.142. The van der Waals surface area contributed by atoms with Crippen LogP contribution in [0.3, 0.4) is 0 Å². The smallest absolute Gasteiger partial charge is 0.326 e. The zero-order chi connectivity index (χ0) is 15.6. The molecule has 2 N–H and O–H groups in total. The zero-order valence-corrected chi connectivity index (χ0v) is 13.4. The average Bonchev–Trinajstić information content (AvgIpc) is 2.83. The van der Waals surface area contributed by atoms with Crippen molar-refractivity contribution >= 4 is 33.6 Å². The van der Waals surface area contributed by atoms with E-state index < -0.39 is 18.0 Å². The normalized spacial score (nSPS) is 21.2. The number of ether oxygens (including phenoxy) is 1. The summed E-state index contributed by atoms with van der Waals surface area (Å²) in [6.45, 7) is 2.28. The molecule has 2 rings (SSSR count). The SMILES string of the molecule is COc1cc(NC(=O)N2CCC(C)C2C(=O)O)ccc1Br. The van der Waals surface area contributed by atoms with Gasteiger partial charge < -0.3 is 20.1 Å². The standard InChI is InChI=1S/C14H17BrN2O4/c1-8-5-6-17(12(8)13(18)19)14(20)16-9-3-4-10(15)11(7-9)21-2/h3-4,7-8,12H,5-6H2,1-2H3,(H,16,20)(H,18,19). The minimum absolute atomic E-state index is 0.0484. The molecule has 1 aliphatic heterocycles. The number of rotatable bonds is 3. The summed E-state index contributed by atoms with van der Waals surface area (Å²) in [5.74, 6) is -0.423. The van der Waals surface area contributed by atoms with Crippen LogP contribution in [0.2, 0.25) is 0 Å². The van der Waals surface area contributed by atoms with Gasteiger partial charge in [-0.2, -0.15) is 0 Å². The third-order valence-electron chi connectivity index (χ3n) is 3.62. The van der Waals surface area contributed by atoms with Gasteiger partial charge in [-0.3, -0.25) is 0 Å². The Morgan fingerprint density at radius 1 is 1.48 bits per heavy atom. The lowest BCUT2D eigenvalue weighted by Crippen LogP contribution is -2.44. The predicted octanol–water partition coefficient (Wildman–Crippen LogP) is 2.78. The number of carboxylic acids is 1. The molecule has 0 aromatic heterocycles. The van der Waals surface area contributed by atoms with E-state index in [0.29, 0.717) is 24.4 Å². The molecule has 0 bridgehead atoms. The van der Waals surface area contributed by atoms with E-state index in [2.05, 4.69) is 21.2 Å². The van der Waals surface area contributed by atoms with Gasteiger partial charge in [0.15, 0.2) is 0 Å². The lowest BCUT2D eigenvalue weighted by Gasteiger charge is -2.23. The summed E-state index contributed by atoms with van der Waals surface area (Å²) in [5, 5.41) is 12.0. The van der Waals surface area contributed by atoms with Gasteiger partial charge in [0.25, 0.3) is 0 Å². The maximum Gasteiger partial charge on any atom is 0.326 e. The fourth-order valence-electron chi connectivity index (χ4n) is 2.48. The molecule has 1 fully saturated rings. The quantitative estimate of drug-likeness (QED) is 0.872. The molecule has 2 unspecified atom stereocenters. The van der Waals surface area contributed by atoms with Crippen molar-refractivity contribution in [2.45, 2.75) is 19.4 Å². The molecule has 0 saturated carbocycles. The summed E-state index contributed by atoms with van der Waals surface area (Å²) in [7, 11) is 1.54. The number of carbonyl (C=O) groups is 2. The predicted molar refractivity (Wildman–Crippen MR) is 81.6 cm³/mol. The number of amides is 2. The highest BCUT2D eigenvalue weighted by Gasteiger charge is 2.39. The van der Waals surface area contributed by atoms with Gasteiger partial charge in [0.2, 0.25) is 0 Å². The van der Waals surface area contributed by atoms with Crippen molar-refractivity contribution in [1.82, 2.24) is 4.90 Å². The topological polar surface area (TPSA) is 78.9 Å². The number of likely N-dealkylation sites (tertiary alicyclic amines) is 1. The van der Waals surface area contributed by atoms with Crippen molar-refractivity contribution in [2.24, 2.45) is 5.92 Å². The Labute approximate surface area is 131 Å². The average molecular weight is 357 g/mol. The highest BCUT2D eigenvalue weighted by Crippen LogP contribution is 2.29. The number of methoxy groups -OCH3 is 1. The summed E-state index contributed by atoms with van der Waals surface area (Å²) in [6, 6.07) is 3.98. The molecule has 0 radical (unpaired) electrons. The van der Waals surface area contributed by atoms with E-state index in [1.807, 2.05) is 6.92 Å². The number of carboxylic acid groups (broad SMARTS) is 1. The molecular weight excluding hydrogens is 340 g/mol. The van der Waals surface area contributed by atoms with Crippen LogP contribution in [0.1, 0.15) is 13.3 Å². The molecule has 2 atom stereocenters. The van der Waals surface area contributed by atoms with Crippen molar-refractivity contribution in [3.05, 3.63) is 22.7 Å². The van der Waals surface area contributed by atoms with E-state index in [0.717, 1.165) is 4.47 Å². The van der Waals surface area contributed by atoms with E-state index in [4.69, 9.17) is 4.74 Å². The Morgan fingerprint density at radius 2 is 2.19 bits per heavy atom. The van der Waals surface area contributed by atoms with Crippen LogP contribution >= 0.6 is 15.9 Å². The summed E-state index contributed by atoms with van der Waals surface area (Å²) in [6.07, 6.45) is 0.689. The van der Waals surface area contributed by atoms with E-state index >= 15 is 0 Å². The molecule has 1 aliphatic rings. The second-order valence-electron chi connectivity index (χ2n) is 5.02. The molecule has 1 aromatic rings. The summed E-state index contributed by atoms with van der Waals surface area (Å²) < 4.78 is 5.94. The largest absolute Gasteiger partial charge is 0.495 e. The number of nitrogens with zero attached hydrogens (tertiary/aromatic N) is 1. The Kier molecular flexibility index (Phi) is 4.72. The third-order valence-corrected chi connectivity index (χ3v) is 4.27. The molecule has 0 spiro atoms. The number of hydrogen-bond donors (Lipinski definition) is 2. The molecule has 21 heavy (non-hydrogen) atoms. The van der Waals surface area contributed by atoms with Crippen molar-refractivity contribution in [1.29, 1.82) is 0 Å². The van der Waals surface area contributed by atoms with Crippen LogP contribution in [0, 0.1) is 5.92 Å². The highest BCUT2D eigenvalue weighted by atomic mass is 79.9. The van der Waals surface area contributed by atoms with Crippen molar-refractivity contribution in [3.8, 4) is 5.75 Å². The molecule has 2 amide bonds. The van der Waals surface area contributed by atoms with Crippen molar-refractivity contribution in [2.75, 3.05) is 19.0 Å². The molecule has 1 saturated heterocycles. The fourth-order valence-corrected chi connectivity index (χ4v) is 2.89. The first-order valence-corrected chi connectivity index (χ1v) is 7.37. The third kappa shape index (κ3) is 3.29. The molecule has 1 aromatic carbocycles. The van der Waals surface area contributed by atoms with Gasteiger partial charge in [0, 0.05) is 18.3 Å². The van der Waals surface area contributed by atoms with Crippen LogP contribution in [-0.2, 0) is 4.79 Å². The first-order valence-electron chi connectivity index (χ1n) is 6.58. The van der Waals surface area contributed by atoms with Crippen LogP contribution < -0.4 is 10.1 Å². The Balaban J connectivity index is 2.13. The van der Waals surface area contributed by atoms with E-state index in [1.54, 1.807) is 18.2 Å². The van der Waals surface area contributed by atoms with Crippen molar-refractivity contribution < 1.29 is 19.4 Å². The molecule has 1 heterocycles. The second-order valence-corrected chi connectivity index (χ2v) is 5.88. The number of hydrogen-bond acceptors (Lipinski definition) is 3. The molecular formula is C14H17BrN2O4. The van der Waals surface area contributed by atoms with Crippen LogP contribution in [0.25, 0.3) is 0 Å². The molecule has 114 valence electrons. The Bertz CT molecular complexity index is 564. The number of anilines is 1. The number of nitrogens with one attached hydrogen (secondary N) is 1. The maximum absolute atomic E-state index is 12.3. The fraction of sp³-hybridized carbons (Fsp3) is 0.429. The van der Waals surface area contributed by atoms with Gasteiger partial charge in [0.05, 0.1) is 11.6 Å². The van der Waals surface area contributed by atoms with Gasteiger partial charge in [0.1, 0.15) is 11.8 Å². The van der Waals surface area contributed by atoms with E-state index in [1.165, 1.54) is 12.0 Å². The van der Waals surface area contributed by atoms with Crippen molar-refractivity contribution in [3.63, 3.8) is 0 Å². The zero-order valence-electron chi connectivity index (χ0n) is 11.8. The number of halogens is 1. The number of carbonyl (C=O) groups excluding carboxylic acids is 1. The minimum atomic E-state index is -0.969. The summed E-state index contributed by atoms with van der Waals surface area (Å²) >= 11 is 3.33. The van der Waals surface area contributed by atoms with E-state index in [-0.39, 0.29) is 5.92 Å². The van der Waals surface area contributed by atoms with Gasteiger partial charge in [-0.05, 0) is 40.4 Å². The summed E-state index contributed by atoms with van der Waals surface area (Å²) in [5.41, 5.74) is 0.559. The number of urea groups is 1. The van der Waals surface area contributed by atoms with Gasteiger partial charge in [-0.15, -0.1) is 0 Å². The number of benzene rings is 1. The van der Waals surface area contributed by atoms with E-state index in [9.17, 15) is 14.7 Å².